The van der Waals surface area contributed by atoms with Gasteiger partial charge in [-0.05, 0) is 32.1 Å². The highest BCUT2D eigenvalue weighted by molar-refractivity contribution is 7.90. The molecule has 130 valence electrons. The molecule has 0 radical (unpaired) electrons. The van der Waals surface area contributed by atoms with E-state index in [0.29, 0.717) is 25.8 Å². The number of piperidine rings is 1. The Bertz CT molecular complexity index is 585. The molecule has 0 aromatic rings. The number of rotatable bonds is 5. The van der Waals surface area contributed by atoms with Crippen molar-refractivity contribution in [2.24, 2.45) is 11.8 Å². The lowest BCUT2D eigenvalue weighted by molar-refractivity contribution is -0.142. The number of nitrogens with one attached hydrogen (secondary N) is 1. The van der Waals surface area contributed by atoms with Gasteiger partial charge in [0, 0.05) is 19.1 Å². The number of carbonyl (C=O) groups is 2. The van der Waals surface area contributed by atoms with Gasteiger partial charge in [-0.1, -0.05) is 12.8 Å². The largest absolute Gasteiger partial charge is 0.481 e. The third-order valence-electron chi connectivity index (χ3n) is 5.24. The second kappa shape index (κ2) is 6.39. The maximum Gasteiger partial charge on any atom is 0.307 e. The predicted octanol–water partition coefficient (Wildman–Crippen LogP) is 0.560. The van der Waals surface area contributed by atoms with Crippen molar-refractivity contribution in [1.29, 1.82) is 0 Å². The van der Waals surface area contributed by atoms with E-state index in [0.717, 1.165) is 25.7 Å². The number of amides is 1. The predicted molar refractivity (Wildman–Crippen MR) is 83.1 cm³/mol. The molecule has 2 saturated carbocycles. The molecule has 1 aliphatic heterocycles. The third-order valence-corrected chi connectivity index (χ3v) is 7.16. The van der Waals surface area contributed by atoms with Gasteiger partial charge in [0.2, 0.25) is 15.9 Å². The molecule has 8 heteroatoms. The standard InChI is InChI=1S/C15H24N2O5S/c18-14(12-8-13(12)15(19)20)17-7-3-6-11(9-17)23(21,22)16-10-4-1-2-5-10/h10-13,16H,1-9H2,(H,19,20). The van der Waals surface area contributed by atoms with Crippen LogP contribution in [-0.2, 0) is 19.6 Å². The summed E-state index contributed by atoms with van der Waals surface area (Å²) in [6, 6.07) is 0.0332. The van der Waals surface area contributed by atoms with Gasteiger partial charge in [-0.2, -0.15) is 0 Å². The van der Waals surface area contributed by atoms with E-state index in [1.165, 1.54) is 0 Å². The molecule has 3 unspecified atom stereocenters. The molecule has 0 spiro atoms. The van der Waals surface area contributed by atoms with E-state index in [4.69, 9.17) is 5.11 Å². The van der Waals surface area contributed by atoms with Crippen molar-refractivity contribution in [3.8, 4) is 0 Å². The fourth-order valence-electron chi connectivity index (χ4n) is 3.74. The zero-order valence-electron chi connectivity index (χ0n) is 13.1. The lowest BCUT2D eigenvalue weighted by Gasteiger charge is -2.33. The molecule has 0 aromatic heterocycles. The zero-order chi connectivity index (χ0) is 16.6. The number of aliphatic carboxylic acids is 1. The van der Waals surface area contributed by atoms with Crippen LogP contribution in [0.5, 0.6) is 0 Å². The van der Waals surface area contributed by atoms with Crippen LogP contribution in [0, 0.1) is 11.8 Å². The number of likely N-dealkylation sites (tertiary alicyclic amines) is 1. The third kappa shape index (κ3) is 3.68. The van der Waals surface area contributed by atoms with Crippen molar-refractivity contribution >= 4 is 21.9 Å². The molecule has 0 bridgehead atoms. The van der Waals surface area contributed by atoms with E-state index in [1.807, 2.05) is 0 Å². The summed E-state index contributed by atoms with van der Waals surface area (Å²) in [6.45, 7) is 0.709. The van der Waals surface area contributed by atoms with E-state index >= 15 is 0 Å². The molecule has 23 heavy (non-hydrogen) atoms. The molecular formula is C15H24N2O5S. The summed E-state index contributed by atoms with van der Waals surface area (Å²) in [6.07, 6.45) is 5.46. The van der Waals surface area contributed by atoms with Crippen molar-refractivity contribution in [3.63, 3.8) is 0 Å². The summed E-state index contributed by atoms with van der Waals surface area (Å²) >= 11 is 0. The van der Waals surface area contributed by atoms with Crippen molar-refractivity contribution in [1.82, 2.24) is 9.62 Å². The van der Waals surface area contributed by atoms with Gasteiger partial charge < -0.3 is 10.0 Å². The Morgan fingerprint density at radius 2 is 1.74 bits per heavy atom. The number of sulfonamides is 1. The molecule has 1 amide bonds. The molecule has 2 aliphatic carbocycles. The monoisotopic (exact) mass is 344 g/mol. The number of carboxylic acid groups (broad SMARTS) is 1. The van der Waals surface area contributed by atoms with Crippen molar-refractivity contribution in [2.75, 3.05) is 13.1 Å². The minimum Gasteiger partial charge on any atom is -0.481 e. The highest BCUT2D eigenvalue weighted by Crippen LogP contribution is 2.40. The molecule has 3 fully saturated rings. The molecule has 3 rings (SSSR count). The van der Waals surface area contributed by atoms with Gasteiger partial charge in [0.1, 0.15) is 0 Å². The Labute approximate surface area is 136 Å². The second-order valence-electron chi connectivity index (χ2n) is 6.98. The van der Waals surface area contributed by atoms with Crippen LogP contribution in [0.25, 0.3) is 0 Å². The summed E-state index contributed by atoms with van der Waals surface area (Å²) in [5.74, 6) is -2.18. The van der Waals surface area contributed by atoms with E-state index < -0.39 is 33.1 Å². The molecule has 3 atom stereocenters. The van der Waals surface area contributed by atoms with Crippen LogP contribution < -0.4 is 4.72 Å². The summed E-state index contributed by atoms with van der Waals surface area (Å²) in [4.78, 5) is 24.8. The van der Waals surface area contributed by atoms with E-state index in [1.54, 1.807) is 4.90 Å². The SMILES string of the molecule is O=C(O)C1CC1C(=O)N1CCCC(S(=O)(=O)NC2CCCC2)C1. The second-order valence-corrected chi connectivity index (χ2v) is 8.97. The lowest BCUT2D eigenvalue weighted by atomic mass is 10.1. The minimum atomic E-state index is -3.43. The number of carboxylic acids is 1. The van der Waals surface area contributed by atoms with Gasteiger partial charge in [-0.15, -0.1) is 0 Å². The Hall–Kier alpha value is -1.15. The van der Waals surface area contributed by atoms with E-state index in [9.17, 15) is 18.0 Å². The highest BCUT2D eigenvalue weighted by Gasteiger charge is 2.50. The highest BCUT2D eigenvalue weighted by atomic mass is 32.2. The maximum atomic E-state index is 12.5. The van der Waals surface area contributed by atoms with Crippen molar-refractivity contribution in [2.45, 2.75) is 56.2 Å². The Kier molecular flexibility index (Phi) is 4.64. The van der Waals surface area contributed by atoms with Gasteiger partial charge in [0.05, 0.1) is 17.1 Å². The van der Waals surface area contributed by atoms with Gasteiger partial charge >= 0.3 is 5.97 Å². The maximum absolute atomic E-state index is 12.5. The van der Waals surface area contributed by atoms with E-state index in [-0.39, 0.29) is 18.5 Å². The topological polar surface area (TPSA) is 104 Å². The first-order valence-corrected chi connectivity index (χ1v) is 9.96. The average molecular weight is 344 g/mol. The molecular weight excluding hydrogens is 320 g/mol. The summed E-state index contributed by atoms with van der Waals surface area (Å²) in [5, 5.41) is 8.35. The van der Waals surface area contributed by atoms with E-state index in [2.05, 4.69) is 4.72 Å². The Morgan fingerprint density at radius 1 is 1.04 bits per heavy atom. The molecule has 7 nitrogen and oxygen atoms in total. The van der Waals surface area contributed by atoms with Crippen LogP contribution in [0.1, 0.15) is 44.9 Å². The van der Waals surface area contributed by atoms with Gasteiger partial charge in [0.15, 0.2) is 0 Å². The quantitative estimate of drug-likeness (QED) is 0.758. The first-order chi connectivity index (χ1) is 10.9. The zero-order valence-corrected chi connectivity index (χ0v) is 13.9. The molecule has 3 aliphatic rings. The van der Waals surface area contributed by atoms with Crippen LogP contribution in [0.2, 0.25) is 0 Å². The smallest absolute Gasteiger partial charge is 0.307 e. The first-order valence-electron chi connectivity index (χ1n) is 8.41. The number of hydrogen-bond acceptors (Lipinski definition) is 4. The lowest BCUT2D eigenvalue weighted by Crippen LogP contribution is -2.50. The first kappa shape index (κ1) is 16.7. The van der Waals surface area contributed by atoms with Crippen LogP contribution in [0.3, 0.4) is 0 Å². The fourth-order valence-corrected chi connectivity index (χ4v) is 5.49. The van der Waals surface area contributed by atoms with Crippen molar-refractivity contribution < 1.29 is 23.1 Å². The summed E-state index contributed by atoms with van der Waals surface area (Å²) in [5.41, 5.74) is 0. The van der Waals surface area contributed by atoms with Crippen molar-refractivity contribution in [3.05, 3.63) is 0 Å². The Balaban J connectivity index is 1.59. The fraction of sp³-hybridized carbons (Fsp3) is 0.867. The summed E-state index contributed by atoms with van der Waals surface area (Å²) in [7, 11) is -3.43. The minimum absolute atomic E-state index is 0.0332. The summed E-state index contributed by atoms with van der Waals surface area (Å²) < 4.78 is 27.8. The normalized spacial score (nSPS) is 32.0. The van der Waals surface area contributed by atoms with Gasteiger partial charge in [-0.3, -0.25) is 9.59 Å². The number of nitrogens with zero attached hydrogens (tertiary/aromatic N) is 1. The Morgan fingerprint density at radius 3 is 2.35 bits per heavy atom. The average Bonchev–Trinajstić information content (AvgIpc) is 3.18. The van der Waals surface area contributed by atoms with Crippen LogP contribution in [0.15, 0.2) is 0 Å². The number of hydrogen-bond donors (Lipinski definition) is 2. The molecule has 1 heterocycles. The molecule has 1 saturated heterocycles. The van der Waals surface area contributed by atoms with Crippen LogP contribution in [0.4, 0.5) is 0 Å². The number of carbonyl (C=O) groups excluding carboxylic acids is 1. The van der Waals surface area contributed by atoms with Gasteiger partial charge in [-0.25, -0.2) is 13.1 Å². The van der Waals surface area contributed by atoms with Gasteiger partial charge in [0.25, 0.3) is 0 Å². The van der Waals surface area contributed by atoms with Crippen LogP contribution >= 0.6 is 0 Å². The van der Waals surface area contributed by atoms with Crippen LogP contribution in [-0.4, -0.2) is 54.7 Å². The molecule has 2 N–H and O–H groups in total. The molecule has 0 aromatic carbocycles.